The molecular formula is C18H26N2O2. The van der Waals surface area contributed by atoms with E-state index in [-0.39, 0.29) is 11.8 Å². The molecule has 0 saturated carbocycles. The number of rotatable bonds is 5. The van der Waals surface area contributed by atoms with Gasteiger partial charge in [-0.1, -0.05) is 24.3 Å². The van der Waals surface area contributed by atoms with Gasteiger partial charge in [0.15, 0.2) is 0 Å². The molecule has 1 aliphatic heterocycles. The van der Waals surface area contributed by atoms with Crippen LogP contribution in [0.25, 0.3) is 5.57 Å². The van der Waals surface area contributed by atoms with Crippen LogP contribution in [-0.4, -0.2) is 56.0 Å². The van der Waals surface area contributed by atoms with Crippen molar-refractivity contribution in [3.8, 4) is 5.75 Å². The normalized spacial score (nSPS) is 18.7. The fraction of sp³-hybridized carbons (Fsp3) is 0.500. The molecule has 1 amide bonds. The standard InChI is InChI=1S/C18H26N2O2/c1-5-20(6-2)18(21)15-11-14(12-19(3)13-15)16-9-7-8-10-17(16)22-4/h7-11,15H,5-6,12-13H2,1-4H3/t15-/m1/s1. The highest BCUT2D eigenvalue weighted by atomic mass is 16.5. The van der Waals surface area contributed by atoms with Gasteiger partial charge in [0, 0.05) is 31.7 Å². The summed E-state index contributed by atoms with van der Waals surface area (Å²) in [6.07, 6.45) is 2.12. The van der Waals surface area contributed by atoms with Crippen molar-refractivity contribution in [3.63, 3.8) is 0 Å². The third-order valence-electron chi connectivity index (χ3n) is 4.20. The van der Waals surface area contributed by atoms with Gasteiger partial charge in [-0.05, 0) is 32.5 Å². The molecule has 0 unspecified atom stereocenters. The van der Waals surface area contributed by atoms with Crippen molar-refractivity contribution in [1.29, 1.82) is 0 Å². The molecule has 22 heavy (non-hydrogen) atoms. The summed E-state index contributed by atoms with van der Waals surface area (Å²) < 4.78 is 5.46. The van der Waals surface area contributed by atoms with E-state index in [2.05, 4.69) is 24.1 Å². The first-order chi connectivity index (χ1) is 10.6. The van der Waals surface area contributed by atoms with E-state index < -0.39 is 0 Å². The minimum Gasteiger partial charge on any atom is -0.496 e. The van der Waals surface area contributed by atoms with Gasteiger partial charge in [0.2, 0.25) is 5.91 Å². The molecule has 0 saturated heterocycles. The largest absolute Gasteiger partial charge is 0.496 e. The van der Waals surface area contributed by atoms with E-state index in [9.17, 15) is 4.79 Å². The number of hydrogen-bond acceptors (Lipinski definition) is 3. The lowest BCUT2D eigenvalue weighted by Crippen LogP contribution is -2.42. The second kappa shape index (κ2) is 7.45. The molecule has 1 aliphatic rings. The lowest BCUT2D eigenvalue weighted by molar-refractivity contribution is -0.134. The van der Waals surface area contributed by atoms with Gasteiger partial charge in [0.05, 0.1) is 13.0 Å². The van der Waals surface area contributed by atoms with Crippen molar-refractivity contribution >= 4 is 11.5 Å². The van der Waals surface area contributed by atoms with Crippen LogP contribution < -0.4 is 4.74 Å². The third-order valence-corrected chi connectivity index (χ3v) is 4.20. The second-order valence-corrected chi connectivity index (χ2v) is 5.71. The summed E-state index contributed by atoms with van der Waals surface area (Å²) in [4.78, 5) is 16.8. The molecule has 0 aliphatic carbocycles. The van der Waals surface area contributed by atoms with Crippen LogP contribution in [0.3, 0.4) is 0 Å². The van der Waals surface area contributed by atoms with Crippen LogP contribution in [0.15, 0.2) is 30.3 Å². The summed E-state index contributed by atoms with van der Waals surface area (Å²) in [6.45, 7) is 7.18. The highest BCUT2D eigenvalue weighted by molar-refractivity contribution is 5.85. The molecule has 1 atom stereocenters. The maximum Gasteiger partial charge on any atom is 0.230 e. The zero-order valence-electron chi connectivity index (χ0n) is 14.0. The number of amides is 1. The van der Waals surface area contributed by atoms with Crippen LogP contribution in [0.5, 0.6) is 5.75 Å². The maximum absolute atomic E-state index is 12.7. The average molecular weight is 302 g/mol. The SMILES string of the molecule is CCN(CC)C(=O)[C@@H]1C=C(c2ccccc2OC)CN(C)C1. The molecule has 0 N–H and O–H groups in total. The van der Waals surface area contributed by atoms with E-state index in [1.165, 1.54) is 0 Å². The number of hydrogen-bond donors (Lipinski definition) is 0. The van der Waals surface area contributed by atoms with Crippen molar-refractivity contribution in [3.05, 3.63) is 35.9 Å². The predicted octanol–water partition coefficient (Wildman–Crippen LogP) is 2.51. The van der Waals surface area contributed by atoms with E-state index in [4.69, 9.17) is 4.74 Å². The van der Waals surface area contributed by atoms with Gasteiger partial charge < -0.3 is 14.5 Å². The molecule has 0 bridgehead atoms. The number of nitrogens with zero attached hydrogens (tertiary/aromatic N) is 2. The van der Waals surface area contributed by atoms with E-state index in [1.54, 1.807) is 7.11 Å². The zero-order valence-corrected chi connectivity index (χ0v) is 14.0. The first-order valence-electron chi connectivity index (χ1n) is 7.92. The first-order valence-corrected chi connectivity index (χ1v) is 7.92. The zero-order chi connectivity index (χ0) is 16.1. The van der Waals surface area contributed by atoms with Crippen LogP contribution >= 0.6 is 0 Å². The Morgan fingerprint density at radius 2 is 2.00 bits per heavy atom. The summed E-state index contributed by atoms with van der Waals surface area (Å²) in [5.74, 6) is 0.987. The van der Waals surface area contributed by atoms with Crippen LogP contribution in [-0.2, 0) is 4.79 Å². The molecule has 120 valence electrons. The fourth-order valence-electron chi connectivity index (χ4n) is 3.04. The minimum absolute atomic E-state index is 0.0847. The summed E-state index contributed by atoms with van der Waals surface area (Å²) >= 11 is 0. The van der Waals surface area contributed by atoms with E-state index in [1.807, 2.05) is 36.9 Å². The van der Waals surface area contributed by atoms with Crippen molar-refractivity contribution in [2.24, 2.45) is 5.92 Å². The molecule has 4 nitrogen and oxygen atoms in total. The number of methoxy groups -OCH3 is 1. The van der Waals surface area contributed by atoms with Crippen molar-refractivity contribution in [1.82, 2.24) is 9.80 Å². The van der Waals surface area contributed by atoms with E-state index in [0.29, 0.717) is 0 Å². The number of benzene rings is 1. The Labute approximate surface area is 133 Å². The molecule has 0 spiro atoms. The van der Waals surface area contributed by atoms with Crippen LogP contribution in [0.1, 0.15) is 19.4 Å². The summed E-state index contributed by atoms with van der Waals surface area (Å²) in [5, 5.41) is 0. The quantitative estimate of drug-likeness (QED) is 0.838. The third kappa shape index (κ3) is 3.50. The molecule has 2 rings (SSSR count). The minimum atomic E-state index is -0.0847. The molecule has 0 aromatic heterocycles. The molecular weight excluding hydrogens is 276 g/mol. The average Bonchev–Trinajstić information content (AvgIpc) is 2.55. The van der Waals surface area contributed by atoms with Gasteiger partial charge in [-0.15, -0.1) is 0 Å². The van der Waals surface area contributed by atoms with Crippen LogP contribution in [0.4, 0.5) is 0 Å². The van der Waals surface area contributed by atoms with Crippen LogP contribution in [0, 0.1) is 5.92 Å². The monoisotopic (exact) mass is 302 g/mol. The van der Waals surface area contributed by atoms with Gasteiger partial charge in [-0.25, -0.2) is 0 Å². The predicted molar refractivity (Wildman–Crippen MR) is 89.9 cm³/mol. The van der Waals surface area contributed by atoms with Crippen LogP contribution in [0.2, 0.25) is 0 Å². The van der Waals surface area contributed by atoms with Crippen molar-refractivity contribution in [2.75, 3.05) is 40.3 Å². The first kappa shape index (κ1) is 16.6. The molecule has 1 aromatic rings. The number of para-hydroxylation sites is 1. The highest BCUT2D eigenvalue weighted by Crippen LogP contribution is 2.30. The molecule has 0 fully saturated rings. The fourth-order valence-corrected chi connectivity index (χ4v) is 3.04. The highest BCUT2D eigenvalue weighted by Gasteiger charge is 2.27. The van der Waals surface area contributed by atoms with Gasteiger partial charge in [-0.3, -0.25) is 4.79 Å². The van der Waals surface area contributed by atoms with E-state index >= 15 is 0 Å². The summed E-state index contributed by atoms with van der Waals surface area (Å²) in [5.41, 5.74) is 2.24. The van der Waals surface area contributed by atoms with Gasteiger partial charge in [0.1, 0.15) is 5.75 Å². The molecule has 4 heteroatoms. The number of carbonyl (C=O) groups excluding carboxylic acids is 1. The van der Waals surface area contributed by atoms with Crippen molar-refractivity contribution in [2.45, 2.75) is 13.8 Å². The molecule has 1 heterocycles. The topological polar surface area (TPSA) is 32.8 Å². The molecule has 1 aromatic carbocycles. The summed E-state index contributed by atoms with van der Waals surface area (Å²) in [6, 6.07) is 8.00. The smallest absolute Gasteiger partial charge is 0.230 e. The Kier molecular flexibility index (Phi) is 5.61. The number of carbonyl (C=O) groups is 1. The van der Waals surface area contributed by atoms with E-state index in [0.717, 1.165) is 43.1 Å². The number of ether oxygens (including phenoxy) is 1. The Morgan fingerprint density at radius 1 is 1.32 bits per heavy atom. The molecule has 0 radical (unpaired) electrons. The Morgan fingerprint density at radius 3 is 2.64 bits per heavy atom. The van der Waals surface area contributed by atoms with Gasteiger partial charge >= 0.3 is 0 Å². The maximum atomic E-state index is 12.7. The Hall–Kier alpha value is -1.81. The lowest BCUT2D eigenvalue weighted by atomic mass is 9.93. The van der Waals surface area contributed by atoms with Crippen molar-refractivity contribution < 1.29 is 9.53 Å². The Bertz CT molecular complexity index is 550. The summed E-state index contributed by atoms with van der Waals surface area (Å²) in [7, 11) is 3.75. The van der Waals surface area contributed by atoms with Gasteiger partial charge in [-0.2, -0.15) is 0 Å². The lowest BCUT2D eigenvalue weighted by Gasteiger charge is -2.32. The second-order valence-electron chi connectivity index (χ2n) is 5.71. The number of likely N-dealkylation sites (N-methyl/N-ethyl adjacent to an activating group) is 1. The van der Waals surface area contributed by atoms with Gasteiger partial charge in [0.25, 0.3) is 0 Å². The Balaban J connectivity index is 2.33.